The van der Waals surface area contributed by atoms with Gasteiger partial charge in [0.15, 0.2) is 0 Å². The van der Waals surface area contributed by atoms with Gasteiger partial charge in [-0.1, -0.05) is 49.4 Å². The summed E-state index contributed by atoms with van der Waals surface area (Å²) in [6, 6.07) is 15.6. The van der Waals surface area contributed by atoms with Gasteiger partial charge in [-0.3, -0.25) is 4.79 Å². The van der Waals surface area contributed by atoms with Gasteiger partial charge in [0, 0.05) is 18.8 Å². The maximum absolute atomic E-state index is 12.8. The van der Waals surface area contributed by atoms with E-state index in [1.54, 1.807) is 6.07 Å². The molecule has 0 aromatic heterocycles. The van der Waals surface area contributed by atoms with Gasteiger partial charge in [-0.25, -0.2) is 0 Å². The molecule has 1 amide bonds. The van der Waals surface area contributed by atoms with Crippen molar-refractivity contribution in [2.24, 2.45) is 0 Å². The molecule has 0 atom stereocenters. The van der Waals surface area contributed by atoms with E-state index in [1.807, 2.05) is 54.3 Å². The number of hydrogen-bond acceptors (Lipinski definition) is 2. The molecule has 3 nitrogen and oxygen atoms in total. The number of nitrogens with zero attached hydrogens (tertiary/aromatic N) is 1. The summed E-state index contributed by atoms with van der Waals surface area (Å²) in [6.07, 6.45) is 0.921. The van der Waals surface area contributed by atoms with E-state index in [9.17, 15) is 4.79 Å². The summed E-state index contributed by atoms with van der Waals surface area (Å²) in [5.41, 5.74) is 9.31. The van der Waals surface area contributed by atoms with Crippen molar-refractivity contribution in [2.75, 3.05) is 12.3 Å². The number of hydrogen-bond donors (Lipinski definition) is 1. The zero-order valence-corrected chi connectivity index (χ0v) is 12.7. The van der Waals surface area contributed by atoms with Gasteiger partial charge >= 0.3 is 0 Å². The van der Waals surface area contributed by atoms with Crippen LogP contribution in [0.3, 0.4) is 0 Å². The molecular weight excluding hydrogens is 260 g/mol. The molecule has 2 aromatic carbocycles. The van der Waals surface area contributed by atoms with Crippen LogP contribution in [0.2, 0.25) is 0 Å². The van der Waals surface area contributed by atoms with Gasteiger partial charge < -0.3 is 10.6 Å². The van der Waals surface area contributed by atoms with Crippen molar-refractivity contribution in [3.63, 3.8) is 0 Å². The molecule has 0 heterocycles. The average molecular weight is 282 g/mol. The molecule has 0 aliphatic carbocycles. The van der Waals surface area contributed by atoms with E-state index in [2.05, 4.69) is 6.92 Å². The second kappa shape index (κ2) is 6.93. The molecule has 0 fully saturated rings. The van der Waals surface area contributed by atoms with Crippen LogP contribution in [0.15, 0.2) is 48.5 Å². The highest BCUT2D eigenvalue weighted by molar-refractivity contribution is 5.99. The van der Waals surface area contributed by atoms with Crippen molar-refractivity contribution in [3.05, 3.63) is 65.2 Å². The quantitative estimate of drug-likeness (QED) is 0.851. The number of rotatable bonds is 5. The van der Waals surface area contributed by atoms with E-state index in [4.69, 9.17) is 5.73 Å². The molecule has 21 heavy (non-hydrogen) atoms. The molecule has 0 radical (unpaired) electrons. The van der Waals surface area contributed by atoms with E-state index in [-0.39, 0.29) is 5.91 Å². The molecule has 0 unspecified atom stereocenters. The number of anilines is 1. The van der Waals surface area contributed by atoms with Gasteiger partial charge in [-0.05, 0) is 30.5 Å². The minimum absolute atomic E-state index is 0.00176. The topological polar surface area (TPSA) is 46.3 Å². The molecule has 0 aliphatic rings. The fourth-order valence-corrected chi connectivity index (χ4v) is 2.36. The van der Waals surface area contributed by atoms with Gasteiger partial charge in [0.05, 0.1) is 5.56 Å². The Morgan fingerprint density at radius 2 is 1.81 bits per heavy atom. The number of para-hydroxylation sites is 1. The molecule has 0 saturated carbocycles. The SMILES string of the molecule is CCCN(Cc1ccccc1)C(=O)c1cccc(C)c1N. The third-order valence-electron chi connectivity index (χ3n) is 3.55. The second-order valence-electron chi connectivity index (χ2n) is 5.25. The normalized spacial score (nSPS) is 10.4. The highest BCUT2D eigenvalue weighted by Crippen LogP contribution is 2.19. The predicted octanol–water partition coefficient (Wildman–Crippen LogP) is 3.63. The summed E-state index contributed by atoms with van der Waals surface area (Å²) in [4.78, 5) is 14.6. The zero-order valence-electron chi connectivity index (χ0n) is 12.7. The van der Waals surface area contributed by atoms with Crippen LogP contribution in [-0.4, -0.2) is 17.4 Å². The smallest absolute Gasteiger partial charge is 0.256 e. The average Bonchev–Trinajstić information content (AvgIpc) is 2.50. The summed E-state index contributed by atoms with van der Waals surface area (Å²) in [5, 5.41) is 0. The lowest BCUT2D eigenvalue weighted by Gasteiger charge is -2.23. The Balaban J connectivity index is 2.25. The molecule has 0 bridgehead atoms. The first-order chi connectivity index (χ1) is 10.1. The van der Waals surface area contributed by atoms with Crippen LogP contribution in [0.4, 0.5) is 5.69 Å². The van der Waals surface area contributed by atoms with E-state index >= 15 is 0 Å². The number of nitrogens with two attached hydrogens (primary N) is 1. The Hall–Kier alpha value is -2.29. The van der Waals surface area contributed by atoms with Crippen LogP contribution < -0.4 is 5.73 Å². The molecule has 3 heteroatoms. The van der Waals surface area contributed by atoms with E-state index in [0.717, 1.165) is 24.1 Å². The largest absolute Gasteiger partial charge is 0.398 e. The lowest BCUT2D eigenvalue weighted by atomic mass is 10.1. The van der Waals surface area contributed by atoms with E-state index < -0.39 is 0 Å². The number of carbonyl (C=O) groups excluding carboxylic acids is 1. The van der Waals surface area contributed by atoms with Gasteiger partial charge in [0.1, 0.15) is 0 Å². The molecule has 2 aromatic rings. The lowest BCUT2D eigenvalue weighted by Crippen LogP contribution is -2.32. The molecule has 2 N–H and O–H groups in total. The second-order valence-corrected chi connectivity index (χ2v) is 5.25. The van der Waals surface area contributed by atoms with E-state index in [0.29, 0.717) is 17.8 Å². The maximum atomic E-state index is 12.8. The third kappa shape index (κ3) is 3.63. The third-order valence-corrected chi connectivity index (χ3v) is 3.55. The van der Waals surface area contributed by atoms with Crippen molar-refractivity contribution >= 4 is 11.6 Å². The Kier molecular flexibility index (Phi) is 4.99. The number of benzene rings is 2. The van der Waals surface area contributed by atoms with E-state index in [1.165, 1.54) is 0 Å². The molecule has 0 spiro atoms. The first kappa shape index (κ1) is 15.1. The molecule has 110 valence electrons. The summed E-state index contributed by atoms with van der Waals surface area (Å²) < 4.78 is 0. The predicted molar refractivity (Wildman–Crippen MR) is 87.1 cm³/mol. The van der Waals surface area contributed by atoms with Crippen LogP contribution >= 0.6 is 0 Å². The number of carbonyl (C=O) groups is 1. The fraction of sp³-hybridized carbons (Fsp3) is 0.278. The van der Waals surface area contributed by atoms with Crippen molar-refractivity contribution < 1.29 is 4.79 Å². The monoisotopic (exact) mass is 282 g/mol. The van der Waals surface area contributed by atoms with Gasteiger partial charge in [-0.15, -0.1) is 0 Å². The fourth-order valence-electron chi connectivity index (χ4n) is 2.36. The summed E-state index contributed by atoms with van der Waals surface area (Å²) in [6.45, 7) is 5.33. The van der Waals surface area contributed by atoms with Crippen molar-refractivity contribution in [1.82, 2.24) is 4.90 Å². The van der Waals surface area contributed by atoms with Gasteiger partial charge in [0.2, 0.25) is 0 Å². The molecule has 0 aliphatic heterocycles. The Morgan fingerprint density at radius 1 is 1.10 bits per heavy atom. The Bertz CT molecular complexity index is 608. The molecular formula is C18H22N2O. The van der Waals surface area contributed by atoms with Crippen LogP contribution in [0, 0.1) is 6.92 Å². The minimum Gasteiger partial charge on any atom is -0.398 e. The van der Waals surface area contributed by atoms with Crippen LogP contribution in [0.5, 0.6) is 0 Å². The summed E-state index contributed by atoms with van der Waals surface area (Å²) >= 11 is 0. The standard InChI is InChI=1S/C18H22N2O/c1-3-12-20(13-15-9-5-4-6-10-15)18(21)16-11-7-8-14(2)17(16)19/h4-11H,3,12-13,19H2,1-2H3. The Labute approximate surface area is 126 Å². The Morgan fingerprint density at radius 3 is 2.48 bits per heavy atom. The van der Waals surface area contributed by atoms with Crippen LogP contribution in [-0.2, 0) is 6.54 Å². The van der Waals surface area contributed by atoms with Gasteiger partial charge in [-0.2, -0.15) is 0 Å². The molecule has 0 saturated heterocycles. The first-order valence-electron chi connectivity index (χ1n) is 7.31. The first-order valence-corrected chi connectivity index (χ1v) is 7.31. The maximum Gasteiger partial charge on any atom is 0.256 e. The van der Waals surface area contributed by atoms with Crippen molar-refractivity contribution in [2.45, 2.75) is 26.8 Å². The highest BCUT2D eigenvalue weighted by Gasteiger charge is 2.18. The minimum atomic E-state index is 0.00176. The van der Waals surface area contributed by atoms with Crippen molar-refractivity contribution in [3.8, 4) is 0 Å². The van der Waals surface area contributed by atoms with Crippen LogP contribution in [0.1, 0.15) is 34.8 Å². The van der Waals surface area contributed by atoms with Gasteiger partial charge in [0.25, 0.3) is 5.91 Å². The van der Waals surface area contributed by atoms with Crippen LogP contribution in [0.25, 0.3) is 0 Å². The number of amides is 1. The number of aryl methyl sites for hydroxylation is 1. The van der Waals surface area contributed by atoms with Crippen molar-refractivity contribution in [1.29, 1.82) is 0 Å². The lowest BCUT2D eigenvalue weighted by molar-refractivity contribution is 0.0744. The summed E-state index contributed by atoms with van der Waals surface area (Å²) in [5.74, 6) is 0.00176. The summed E-state index contributed by atoms with van der Waals surface area (Å²) in [7, 11) is 0. The highest BCUT2D eigenvalue weighted by atomic mass is 16.2. The number of nitrogen functional groups attached to an aromatic ring is 1. The molecule has 2 rings (SSSR count). The zero-order chi connectivity index (χ0) is 15.2.